The number of rotatable bonds is 5. The summed E-state index contributed by atoms with van der Waals surface area (Å²) < 4.78 is 26.4. The Labute approximate surface area is 120 Å². The SMILES string of the molecule is CCN(CC)S(=O)(=O)c1ccc2c(c1)CCN2CC#N. The Bertz CT molecular complexity index is 630. The second-order valence-corrected chi connectivity index (χ2v) is 6.65. The Hall–Kier alpha value is -1.58. The smallest absolute Gasteiger partial charge is 0.243 e. The predicted molar refractivity (Wildman–Crippen MR) is 78.1 cm³/mol. The second-order valence-electron chi connectivity index (χ2n) is 4.71. The van der Waals surface area contributed by atoms with E-state index in [1.165, 1.54) is 4.31 Å². The molecule has 0 fully saturated rings. The topological polar surface area (TPSA) is 64.4 Å². The molecule has 0 atom stereocenters. The molecule has 0 bridgehead atoms. The van der Waals surface area contributed by atoms with Crippen molar-refractivity contribution in [2.75, 3.05) is 31.1 Å². The minimum Gasteiger partial charge on any atom is -0.358 e. The van der Waals surface area contributed by atoms with Gasteiger partial charge in [-0.05, 0) is 30.2 Å². The fourth-order valence-corrected chi connectivity index (χ4v) is 4.08. The van der Waals surface area contributed by atoms with Gasteiger partial charge < -0.3 is 4.90 Å². The zero-order chi connectivity index (χ0) is 14.8. The van der Waals surface area contributed by atoms with Crippen LogP contribution in [0.5, 0.6) is 0 Å². The molecule has 108 valence electrons. The van der Waals surface area contributed by atoms with Crippen LogP contribution in [0.15, 0.2) is 23.1 Å². The minimum absolute atomic E-state index is 0.342. The van der Waals surface area contributed by atoms with Gasteiger partial charge in [0, 0.05) is 25.3 Å². The van der Waals surface area contributed by atoms with Crippen molar-refractivity contribution in [3.63, 3.8) is 0 Å². The van der Waals surface area contributed by atoms with Crippen molar-refractivity contribution in [3.05, 3.63) is 23.8 Å². The van der Waals surface area contributed by atoms with Crippen molar-refractivity contribution in [3.8, 4) is 6.07 Å². The van der Waals surface area contributed by atoms with Crippen LogP contribution < -0.4 is 4.90 Å². The maximum Gasteiger partial charge on any atom is 0.243 e. The third kappa shape index (κ3) is 2.51. The summed E-state index contributed by atoms with van der Waals surface area (Å²) in [6, 6.07) is 7.34. The Morgan fingerprint density at radius 2 is 2.05 bits per heavy atom. The van der Waals surface area contributed by atoms with E-state index in [2.05, 4.69) is 6.07 Å². The number of sulfonamides is 1. The maximum atomic E-state index is 12.5. The van der Waals surface area contributed by atoms with E-state index < -0.39 is 10.0 Å². The van der Waals surface area contributed by atoms with Crippen LogP contribution in [0.2, 0.25) is 0 Å². The largest absolute Gasteiger partial charge is 0.358 e. The molecule has 20 heavy (non-hydrogen) atoms. The van der Waals surface area contributed by atoms with Gasteiger partial charge in [-0.25, -0.2) is 8.42 Å². The molecule has 0 saturated carbocycles. The molecule has 6 heteroatoms. The molecular formula is C14H19N3O2S. The summed E-state index contributed by atoms with van der Waals surface area (Å²) in [6.07, 6.45) is 0.790. The number of anilines is 1. The van der Waals surface area contributed by atoms with Gasteiger partial charge in [0.05, 0.1) is 11.0 Å². The van der Waals surface area contributed by atoms with Crippen LogP contribution in [0.4, 0.5) is 5.69 Å². The van der Waals surface area contributed by atoms with Crippen molar-refractivity contribution in [2.45, 2.75) is 25.2 Å². The molecule has 1 aliphatic heterocycles. The lowest BCUT2D eigenvalue weighted by Crippen LogP contribution is -2.30. The molecule has 1 heterocycles. The molecule has 0 N–H and O–H groups in total. The minimum atomic E-state index is -3.40. The molecule has 1 aromatic carbocycles. The summed E-state index contributed by atoms with van der Waals surface area (Å²) >= 11 is 0. The lowest BCUT2D eigenvalue weighted by Gasteiger charge is -2.19. The molecule has 2 rings (SSSR count). The fraction of sp³-hybridized carbons (Fsp3) is 0.500. The molecule has 0 spiro atoms. The Balaban J connectivity index is 2.36. The third-order valence-corrected chi connectivity index (χ3v) is 5.69. The van der Waals surface area contributed by atoms with Crippen molar-refractivity contribution in [1.82, 2.24) is 4.31 Å². The van der Waals surface area contributed by atoms with E-state index in [-0.39, 0.29) is 0 Å². The van der Waals surface area contributed by atoms with Gasteiger partial charge in [-0.2, -0.15) is 9.57 Å². The average Bonchev–Trinajstić information content (AvgIpc) is 2.83. The van der Waals surface area contributed by atoms with Gasteiger partial charge in [-0.3, -0.25) is 0 Å². The summed E-state index contributed by atoms with van der Waals surface area (Å²) in [5.74, 6) is 0. The zero-order valence-corrected chi connectivity index (χ0v) is 12.7. The number of benzene rings is 1. The highest BCUT2D eigenvalue weighted by atomic mass is 32.2. The van der Waals surface area contributed by atoms with E-state index in [0.717, 1.165) is 24.2 Å². The highest BCUT2D eigenvalue weighted by molar-refractivity contribution is 7.89. The number of hydrogen-bond donors (Lipinski definition) is 0. The molecule has 5 nitrogen and oxygen atoms in total. The number of nitriles is 1. The lowest BCUT2D eigenvalue weighted by atomic mass is 10.2. The van der Waals surface area contributed by atoms with E-state index in [9.17, 15) is 8.42 Å². The highest BCUT2D eigenvalue weighted by Crippen LogP contribution is 2.30. The molecule has 1 aliphatic rings. The second kappa shape index (κ2) is 5.81. The first-order valence-electron chi connectivity index (χ1n) is 6.79. The molecule has 0 radical (unpaired) electrons. The van der Waals surface area contributed by atoms with E-state index >= 15 is 0 Å². The summed E-state index contributed by atoms with van der Waals surface area (Å²) in [6.45, 7) is 5.73. The van der Waals surface area contributed by atoms with Crippen molar-refractivity contribution >= 4 is 15.7 Å². The van der Waals surface area contributed by atoms with E-state index in [0.29, 0.717) is 24.5 Å². The first kappa shape index (κ1) is 14.8. The molecule has 0 saturated heterocycles. The quantitative estimate of drug-likeness (QED) is 0.774. The van der Waals surface area contributed by atoms with E-state index in [1.807, 2.05) is 24.8 Å². The fourth-order valence-electron chi connectivity index (χ4n) is 2.57. The summed E-state index contributed by atoms with van der Waals surface area (Å²) in [7, 11) is -3.40. The van der Waals surface area contributed by atoms with E-state index in [4.69, 9.17) is 5.26 Å². The molecular weight excluding hydrogens is 274 g/mol. The lowest BCUT2D eigenvalue weighted by molar-refractivity contribution is 0.445. The van der Waals surface area contributed by atoms with Crippen LogP contribution in [0.25, 0.3) is 0 Å². The summed E-state index contributed by atoms with van der Waals surface area (Å²) in [5.41, 5.74) is 1.98. The molecule has 0 amide bonds. The number of fused-ring (bicyclic) bond motifs is 1. The van der Waals surface area contributed by atoms with Gasteiger partial charge in [-0.1, -0.05) is 13.8 Å². The number of nitrogens with zero attached hydrogens (tertiary/aromatic N) is 3. The normalized spacial score (nSPS) is 14.4. The molecule has 1 aromatic rings. The highest BCUT2D eigenvalue weighted by Gasteiger charge is 2.25. The van der Waals surface area contributed by atoms with Crippen LogP contribution in [0.1, 0.15) is 19.4 Å². The van der Waals surface area contributed by atoms with Crippen LogP contribution in [0.3, 0.4) is 0 Å². The molecule has 0 aromatic heterocycles. The monoisotopic (exact) mass is 293 g/mol. The van der Waals surface area contributed by atoms with Crippen molar-refractivity contribution in [1.29, 1.82) is 5.26 Å². The Kier molecular flexibility index (Phi) is 4.31. The van der Waals surface area contributed by atoms with E-state index in [1.54, 1.807) is 12.1 Å². The standard InChI is InChI=1S/C14H19N3O2S/c1-3-17(4-2)20(18,19)13-5-6-14-12(11-13)7-9-16(14)10-8-15/h5-6,11H,3-4,7,9-10H2,1-2H3. The Morgan fingerprint density at radius 1 is 1.35 bits per heavy atom. The predicted octanol–water partition coefficient (Wildman–Crippen LogP) is 1.60. The first-order chi connectivity index (χ1) is 9.54. The zero-order valence-electron chi connectivity index (χ0n) is 11.8. The van der Waals surface area contributed by atoms with Gasteiger partial charge >= 0.3 is 0 Å². The van der Waals surface area contributed by atoms with Crippen LogP contribution in [-0.2, 0) is 16.4 Å². The number of hydrogen-bond acceptors (Lipinski definition) is 4. The molecule has 0 aliphatic carbocycles. The first-order valence-corrected chi connectivity index (χ1v) is 8.23. The summed E-state index contributed by atoms with van der Waals surface area (Å²) in [5, 5.41) is 8.78. The van der Waals surface area contributed by atoms with Gasteiger partial charge in [0.25, 0.3) is 0 Å². The maximum absolute atomic E-state index is 12.5. The average molecular weight is 293 g/mol. The third-order valence-electron chi connectivity index (χ3n) is 3.65. The Morgan fingerprint density at radius 3 is 2.65 bits per heavy atom. The summed E-state index contributed by atoms with van der Waals surface area (Å²) in [4.78, 5) is 2.32. The van der Waals surface area contributed by atoms with Gasteiger partial charge in [-0.15, -0.1) is 0 Å². The van der Waals surface area contributed by atoms with Crippen LogP contribution >= 0.6 is 0 Å². The van der Waals surface area contributed by atoms with Gasteiger partial charge in [0.2, 0.25) is 10.0 Å². The van der Waals surface area contributed by atoms with Crippen molar-refractivity contribution < 1.29 is 8.42 Å². The van der Waals surface area contributed by atoms with Gasteiger partial charge in [0.15, 0.2) is 0 Å². The van der Waals surface area contributed by atoms with Gasteiger partial charge in [0.1, 0.15) is 6.54 Å². The van der Waals surface area contributed by atoms with Crippen LogP contribution in [0, 0.1) is 11.3 Å². The van der Waals surface area contributed by atoms with Crippen LogP contribution in [-0.4, -0.2) is 38.9 Å². The molecule has 0 unspecified atom stereocenters. The van der Waals surface area contributed by atoms with Crippen molar-refractivity contribution in [2.24, 2.45) is 0 Å².